The van der Waals surface area contributed by atoms with Crippen LogP contribution in [0.3, 0.4) is 0 Å². The van der Waals surface area contributed by atoms with Gasteiger partial charge in [-0.3, -0.25) is 4.79 Å². The summed E-state index contributed by atoms with van der Waals surface area (Å²) in [6, 6.07) is 0. The van der Waals surface area contributed by atoms with Gasteiger partial charge in [-0.15, -0.1) is 11.8 Å². The van der Waals surface area contributed by atoms with Gasteiger partial charge in [0.05, 0.1) is 18.5 Å². The Hall–Kier alpha value is -0.300. The zero-order valence-corrected chi connectivity index (χ0v) is 6.88. The monoisotopic (exact) mass is 183 g/mol. The van der Waals surface area contributed by atoms with Crippen molar-refractivity contribution >= 4 is 17.7 Å². The lowest BCUT2D eigenvalue weighted by atomic mass is 10.4. The lowest BCUT2D eigenvalue weighted by Crippen LogP contribution is -2.16. The van der Waals surface area contributed by atoms with Gasteiger partial charge in [0.25, 0.3) is 0 Å². The number of aliphatic hydroxyl groups excluding tert-OH is 2. The zero-order valence-electron chi connectivity index (χ0n) is 6.06. The first-order chi connectivity index (χ1) is 4.66. The van der Waals surface area contributed by atoms with Gasteiger partial charge in [0.1, 0.15) is 0 Å². The number of carbonyl (C=O) groups is 1. The van der Waals surface area contributed by atoms with Crippen molar-refractivity contribution in [3.63, 3.8) is 0 Å². The molecule has 6 N–H and O–H groups in total. The molecule has 0 aromatic rings. The predicted octanol–water partition coefficient (Wildman–Crippen LogP) is -0.681. The second-order valence-electron chi connectivity index (χ2n) is 1.75. The van der Waals surface area contributed by atoms with Gasteiger partial charge in [0.2, 0.25) is 0 Å². The molecule has 0 aliphatic rings. The van der Waals surface area contributed by atoms with Crippen LogP contribution in [-0.2, 0) is 4.79 Å². The highest BCUT2D eigenvalue weighted by Crippen LogP contribution is 2.01. The topological polar surface area (TPSA) is 113 Å². The number of aliphatic carboxylic acids is 1. The summed E-state index contributed by atoms with van der Waals surface area (Å²) in [4.78, 5) is 9.90. The van der Waals surface area contributed by atoms with E-state index < -0.39 is 12.1 Å². The van der Waals surface area contributed by atoms with E-state index in [4.69, 9.17) is 15.3 Å². The van der Waals surface area contributed by atoms with E-state index in [0.717, 1.165) is 11.8 Å². The van der Waals surface area contributed by atoms with E-state index >= 15 is 0 Å². The van der Waals surface area contributed by atoms with Crippen LogP contribution in [0.2, 0.25) is 0 Å². The molecule has 0 saturated carbocycles. The number of carboxylic acid groups (broad SMARTS) is 1. The van der Waals surface area contributed by atoms with Crippen molar-refractivity contribution in [3.8, 4) is 0 Å². The maximum atomic E-state index is 9.90. The lowest BCUT2D eigenvalue weighted by Gasteiger charge is -2.03. The summed E-state index contributed by atoms with van der Waals surface area (Å²) >= 11 is 1.08. The first kappa shape index (κ1) is 13.3. The minimum Gasteiger partial charge on any atom is -0.481 e. The molecule has 11 heavy (non-hydrogen) atoms. The van der Waals surface area contributed by atoms with E-state index in [9.17, 15) is 4.79 Å². The molecule has 68 valence electrons. The third kappa shape index (κ3) is 9.70. The average molecular weight is 183 g/mol. The zero-order chi connectivity index (χ0) is 7.98. The van der Waals surface area contributed by atoms with Gasteiger partial charge in [0.15, 0.2) is 0 Å². The quantitative estimate of drug-likeness (QED) is 0.449. The molecule has 6 heteroatoms. The van der Waals surface area contributed by atoms with Crippen molar-refractivity contribution in [2.75, 3.05) is 18.1 Å². The second kappa shape index (κ2) is 7.80. The van der Waals surface area contributed by atoms with Crippen LogP contribution in [0.1, 0.15) is 0 Å². The van der Waals surface area contributed by atoms with E-state index in [-0.39, 0.29) is 24.3 Å². The maximum absolute atomic E-state index is 9.90. The Morgan fingerprint density at radius 3 is 2.45 bits per heavy atom. The van der Waals surface area contributed by atoms with E-state index in [1.165, 1.54) is 0 Å². The van der Waals surface area contributed by atoms with Crippen LogP contribution in [0.5, 0.6) is 0 Å². The van der Waals surface area contributed by atoms with Crippen LogP contribution < -0.4 is 6.15 Å². The van der Waals surface area contributed by atoms with E-state index in [2.05, 4.69) is 0 Å². The molecular weight excluding hydrogens is 170 g/mol. The molecule has 0 fully saturated rings. The Morgan fingerprint density at radius 1 is 1.55 bits per heavy atom. The predicted molar refractivity (Wildman–Crippen MR) is 43.1 cm³/mol. The molecule has 5 nitrogen and oxygen atoms in total. The van der Waals surface area contributed by atoms with E-state index in [0.29, 0.717) is 0 Å². The second-order valence-corrected chi connectivity index (χ2v) is 2.78. The molecule has 0 bridgehead atoms. The Kier molecular flexibility index (Phi) is 9.44. The summed E-state index contributed by atoms with van der Waals surface area (Å²) in [5.74, 6) is -0.671. The summed E-state index contributed by atoms with van der Waals surface area (Å²) < 4.78 is 0. The summed E-state index contributed by atoms with van der Waals surface area (Å²) in [7, 11) is 0. The molecule has 0 aromatic heterocycles. The molecule has 0 heterocycles. The molecule has 0 amide bonds. The summed E-state index contributed by atoms with van der Waals surface area (Å²) in [5.41, 5.74) is 0. The summed E-state index contributed by atoms with van der Waals surface area (Å²) in [6.07, 6.45) is -0.802. The summed E-state index contributed by atoms with van der Waals surface area (Å²) in [6.45, 7) is -0.313. The molecule has 0 aliphatic carbocycles. The van der Waals surface area contributed by atoms with Gasteiger partial charge in [-0.1, -0.05) is 0 Å². The van der Waals surface area contributed by atoms with Crippen LogP contribution in [0.15, 0.2) is 0 Å². The number of aliphatic hydroxyl groups is 2. The van der Waals surface area contributed by atoms with Crippen molar-refractivity contribution in [3.05, 3.63) is 0 Å². The minimum atomic E-state index is -0.907. The Morgan fingerprint density at radius 2 is 2.09 bits per heavy atom. The molecule has 0 rings (SSSR count). The molecule has 0 radical (unpaired) electrons. The largest absolute Gasteiger partial charge is 0.481 e. The van der Waals surface area contributed by atoms with Gasteiger partial charge in [-0.25, -0.2) is 0 Å². The third-order valence-electron chi connectivity index (χ3n) is 0.747. The molecule has 0 saturated heterocycles. The number of hydrogen-bond donors (Lipinski definition) is 4. The Labute approximate surface area is 69.0 Å². The van der Waals surface area contributed by atoms with Gasteiger partial charge in [-0.05, 0) is 0 Å². The molecule has 1 unspecified atom stereocenters. The van der Waals surface area contributed by atoms with Gasteiger partial charge in [0, 0.05) is 5.75 Å². The van der Waals surface area contributed by atoms with Crippen LogP contribution in [0, 0.1) is 0 Å². The van der Waals surface area contributed by atoms with Crippen molar-refractivity contribution < 1.29 is 20.1 Å². The van der Waals surface area contributed by atoms with Gasteiger partial charge >= 0.3 is 5.97 Å². The van der Waals surface area contributed by atoms with Crippen molar-refractivity contribution in [1.82, 2.24) is 6.15 Å². The maximum Gasteiger partial charge on any atom is 0.313 e. The first-order valence-corrected chi connectivity index (χ1v) is 3.90. The van der Waals surface area contributed by atoms with Crippen LogP contribution in [0.4, 0.5) is 0 Å². The molecule has 0 aromatic carbocycles. The van der Waals surface area contributed by atoms with Crippen molar-refractivity contribution in [1.29, 1.82) is 0 Å². The fourth-order valence-electron chi connectivity index (χ4n) is 0.335. The van der Waals surface area contributed by atoms with Crippen LogP contribution >= 0.6 is 11.8 Å². The van der Waals surface area contributed by atoms with E-state index in [1.54, 1.807) is 0 Å². The van der Waals surface area contributed by atoms with Crippen molar-refractivity contribution in [2.45, 2.75) is 6.10 Å². The number of hydrogen-bond acceptors (Lipinski definition) is 5. The lowest BCUT2D eigenvalue weighted by molar-refractivity contribution is -0.133. The van der Waals surface area contributed by atoms with E-state index in [1.807, 2.05) is 0 Å². The van der Waals surface area contributed by atoms with Crippen LogP contribution in [-0.4, -0.2) is 45.5 Å². The smallest absolute Gasteiger partial charge is 0.313 e. The Balaban J connectivity index is 0. The average Bonchev–Trinajstić information content (AvgIpc) is 1.87. The summed E-state index contributed by atoms with van der Waals surface area (Å²) in [5, 5.41) is 25.1. The Bertz CT molecular complexity index is 111. The van der Waals surface area contributed by atoms with Gasteiger partial charge in [-0.2, -0.15) is 0 Å². The molecule has 0 spiro atoms. The molecular formula is C5H13NO4S. The minimum absolute atomic E-state index is 0. The highest BCUT2D eigenvalue weighted by atomic mass is 32.2. The number of rotatable bonds is 5. The SMILES string of the molecule is N.O=C(O)CSCC(O)CO. The highest BCUT2D eigenvalue weighted by molar-refractivity contribution is 7.99. The van der Waals surface area contributed by atoms with Crippen molar-refractivity contribution in [2.24, 2.45) is 0 Å². The normalized spacial score (nSPS) is 11.8. The number of thioether (sulfide) groups is 1. The fraction of sp³-hybridized carbons (Fsp3) is 0.800. The first-order valence-electron chi connectivity index (χ1n) is 2.75. The third-order valence-corrected chi connectivity index (χ3v) is 1.82. The van der Waals surface area contributed by atoms with Gasteiger partial charge < -0.3 is 21.5 Å². The standard InChI is InChI=1S/C5H10O4S.H3N/c6-1-4(7)2-10-3-5(8)9;/h4,6-7H,1-3H2,(H,8,9);1H3. The highest BCUT2D eigenvalue weighted by Gasteiger charge is 2.03. The fourth-order valence-corrected chi connectivity index (χ4v) is 1.00. The van der Waals surface area contributed by atoms with Crippen LogP contribution in [0.25, 0.3) is 0 Å². The molecule has 0 aliphatic heterocycles. The number of carboxylic acids is 1. The molecule has 1 atom stereocenters.